The van der Waals surface area contributed by atoms with Crippen molar-refractivity contribution in [3.63, 3.8) is 0 Å². The molecule has 0 saturated carbocycles. The van der Waals surface area contributed by atoms with Crippen molar-refractivity contribution in [1.82, 2.24) is 25.3 Å². The molecule has 0 atom stereocenters. The molecule has 2 rings (SSSR count). The van der Waals surface area contributed by atoms with Crippen molar-refractivity contribution in [2.24, 2.45) is 10.9 Å². The van der Waals surface area contributed by atoms with Gasteiger partial charge < -0.3 is 20.4 Å². The number of piperazine rings is 1. The molecule has 2 heterocycles. The number of hydrogen-bond acceptors (Lipinski definition) is 4. The second-order valence-electron chi connectivity index (χ2n) is 7.62. The van der Waals surface area contributed by atoms with E-state index in [-0.39, 0.29) is 17.7 Å². The number of carbonyl (C=O) groups is 2. The molecule has 2 aliphatic rings. The second kappa shape index (κ2) is 11.1. The van der Waals surface area contributed by atoms with E-state index >= 15 is 0 Å². The van der Waals surface area contributed by atoms with Crippen LogP contribution in [0.2, 0.25) is 0 Å². The summed E-state index contributed by atoms with van der Waals surface area (Å²) < 4.78 is 0. The molecule has 0 aromatic rings. The minimum atomic E-state index is 0.00466. The Hall–Kier alpha value is -1.83. The predicted molar refractivity (Wildman–Crippen MR) is 108 cm³/mol. The molecule has 8 nitrogen and oxygen atoms in total. The van der Waals surface area contributed by atoms with Crippen molar-refractivity contribution in [2.45, 2.75) is 33.1 Å². The highest BCUT2D eigenvalue weighted by atomic mass is 16.2. The summed E-state index contributed by atoms with van der Waals surface area (Å²) in [6.45, 7) is 10.8. The fourth-order valence-corrected chi connectivity index (χ4v) is 3.45. The maximum absolute atomic E-state index is 12.4. The van der Waals surface area contributed by atoms with E-state index in [1.165, 1.54) is 6.42 Å². The van der Waals surface area contributed by atoms with Gasteiger partial charge in [0.15, 0.2) is 5.96 Å². The van der Waals surface area contributed by atoms with Gasteiger partial charge in [-0.3, -0.25) is 19.5 Å². The maximum atomic E-state index is 12.4. The zero-order valence-electron chi connectivity index (χ0n) is 17.2. The van der Waals surface area contributed by atoms with Crippen LogP contribution < -0.4 is 10.6 Å². The first-order chi connectivity index (χ1) is 13.0. The zero-order chi connectivity index (χ0) is 19.6. The minimum absolute atomic E-state index is 0.00466. The lowest BCUT2D eigenvalue weighted by atomic mass is 10.1. The highest BCUT2D eigenvalue weighted by Crippen LogP contribution is 2.10. The van der Waals surface area contributed by atoms with Crippen LogP contribution in [0.5, 0.6) is 0 Å². The molecule has 0 bridgehead atoms. The predicted octanol–water partition coefficient (Wildman–Crippen LogP) is -0.0359. The first kappa shape index (κ1) is 21.5. The number of rotatable bonds is 6. The summed E-state index contributed by atoms with van der Waals surface area (Å²) in [4.78, 5) is 34.8. The summed E-state index contributed by atoms with van der Waals surface area (Å²) in [6, 6.07) is 0. The van der Waals surface area contributed by atoms with Gasteiger partial charge in [0.25, 0.3) is 0 Å². The van der Waals surface area contributed by atoms with E-state index in [2.05, 4.69) is 25.4 Å². The monoisotopic (exact) mass is 380 g/mol. The highest BCUT2D eigenvalue weighted by Gasteiger charge is 2.23. The molecule has 154 valence electrons. The quantitative estimate of drug-likeness (QED) is 0.384. The third-order valence-corrected chi connectivity index (χ3v) is 5.18. The third-order valence-electron chi connectivity index (χ3n) is 5.18. The van der Waals surface area contributed by atoms with Gasteiger partial charge in [-0.25, -0.2) is 0 Å². The molecule has 0 aliphatic carbocycles. The Balaban J connectivity index is 1.67. The van der Waals surface area contributed by atoms with Gasteiger partial charge >= 0.3 is 0 Å². The van der Waals surface area contributed by atoms with E-state index in [0.717, 1.165) is 58.1 Å². The summed E-state index contributed by atoms with van der Waals surface area (Å²) in [5.74, 6) is 1.20. The first-order valence-corrected chi connectivity index (χ1v) is 10.2. The molecule has 8 heteroatoms. The molecule has 2 aliphatic heterocycles. The smallest absolute Gasteiger partial charge is 0.236 e. The minimum Gasteiger partial charge on any atom is -0.354 e. The van der Waals surface area contributed by atoms with Crippen LogP contribution in [0.3, 0.4) is 0 Å². The van der Waals surface area contributed by atoms with E-state index in [9.17, 15) is 9.59 Å². The van der Waals surface area contributed by atoms with E-state index in [1.54, 1.807) is 7.05 Å². The van der Waals surface area contributed by atoms with Crippen LogP contribution in [0, 0.1) is 5.92 Å². The van der Waals surface area contributed by atoms with E-state index in [4.69, 9.17) is 0 Å². The Kier molecular flexibility index (Phi) is 8.84. The average molecular weight is 381 g/mol. The topological polar surface area (TPSA) is 80.3 Å². The Bertz CT molecular complexity index is 508. The normalized spacial score (nSPS) is 19.3. The number of piperidine rings is 1. The van der Waals surface area contributed by atoms with E-state index in [0.29, 0.717) is 19.6 Å². The van der Waals surface area contributed by atoms with Crippen LogP contribution in [0.15, 0.2) is 4.99 Å². The van der Waals surface area contributed by atoms with E-state index < -0.39 is 0 Å². The maximum Gasteiger partial charge on any atom is 0.236 e. The number of guanidine groups is 1. The van der Waals surface area contributed by atoms with Crippen LogP contribution in [0.4, 0.5) is 0 Å². The summed E-state index contributed by atoms with van der Waals surface area (Å²) >= 11 is 0. The number of hydrogen-bond donors (Lipinski definition) is 2. The summed E-state index contributed by atoms with van der Waals surface area (Å²) in [5, 5.41) is 6.21. The lowest BCUT2D eigenvalue weighted by Gasteiger charge is -2.37. The largest absolute Gasteiger partial charge is 0.354 e. The molecule has 0 radical (unpaired) electrons. The Morgan fingerprint density at radius 1 is 0.889 bits per heavy atom. The number of aliphatic imine (C=N–C) groups is 1. The van der Waals surface area contributed by atoms with Crippen LogP contribution in [-0.2, 0) is 9.59 Å². The van der Waals surface area contributed by atoms with Crippen molar-refractivity contribution < 1.29 is 9.59 Å². The molecule has 27 heavy (non-hydrogen) atoms. The standard InChI is InChI=1S/C19H36N6O2/c1-16(2)18(27)21-7-8-22-19(20-3)25-13-11-23(12-14-25)15-17(26)24-9-5-4-6-10-24/h16H,4-15H2,1-3H3,(H,20,22)(H,21,27). The number of nitrogens with one attached hydrogen (secondary N) is 2. The Morgan fingerprint density at radius 3 is 2.11 bits per heavy atom. The zero-order valence-corrected chi connectivity index (χ0v) is 17.2. The number of nitrogens with zero attached hydrogens (tertiary/aromatic N) is 4. The van der Waals surface area contributed by atoms with Gasteiger partial charge in [0.2, 0.25) is 11.8 Å². The molecule has 2 N–H and O–H groups in total. The molecule has 0 unspecified atom stereocenters. The van der Waals surface area contributed by atoms with E-state index in [1.807, 2.05) is 18.7 Å². The van der Waals surface area contributed by atoms with Gasteiger partial charge in [-0.15, -0.1) is 0 Å². The first-order valence-electron chi connectivity index (χ1n) is 10.2. The van der Waals surface area contributed by atoms with Gasteiger partial charge in [0.1, 0.15) is 0 Å². The van der Waals surface area contributed by atoms with Gasteiger partial charge in [-0.1, -0.05) is 13.8 Å². The Morgan fingerprint density at radius 2 is 1.52 bits per heavy atom. The van der Waals surface area contributed by atoms with Crippen molar-refractivity contribution >= 4 is 17.8 Å². The van der Waals surface area contributed by atoms with Crippen LogP contribution in [0.25, 0.3) is 0 Å². The molecule has 2 saturated heterocycles. The molecular formula is C19H36N6O2. The highest BCUT2D eigenvalue weighted by molar-refractivity contribution is 5.81. The summed E-state index contributed by atoms with van der Waals surface area (Å²) in [7, 11) is 1.78. The summed E-state index contributed by atoms with van der Waals surface area (Å²) in [5.41, 5.74) is 0. The lowest BCUT2D eigenvalue weighted by molar-refractivity contribution is -0.133. The van der Waals surface area contributed by atoms with Crippen molar-refractivity contribution in [3.8, 4) is 0 Å². The molecule has 0 aromatic carbocycles. The van der Waals surface area contributed by atoms with Gasteiger partial charge in [-0.2, -0.15) is 0 Å². The summed E-state index contributed by atoms with van der Waals surface area (Å²) in [6.07, 6.45) is 3.52. The van der Waals surface area contributed by atoms with Gasteiger partial charge in [0, 0.05) is 65.3 Å². The Labute approximate surface area is 163 Å². The van der Waals surface area contributed by atoms with Crippen LogP contribution in [0.1, 0.15) is 33.1 Å². The average Bonchev–Trinajstić information content (AvgIpc) is 2.69. The second-order valence-corrected chi connectivity index (χ2v) is 7.62. The van der Waals surface area contributed by atoms with Crippen molar-refractivity contribution in [1.29, 1.82) is 0 Å². The van der Waals surface area contributed by atoms with Crippen molar-refractivity contribution in [2.75, 3.05) is 66.0 Å². The number of carbonyl (C=O) groups excluding carboxylic acids is 2. The van der Waals surface area contributed by atoms with Crippen molar-refractivity contribution in [3.05, 3.63) is 0 Å². The van der Waals surface area contributed by atoms with Crippen LogP contribution >= 0.6 is 0 Å². The molecule has 0 aromatic heterocycles. The molecule has 2 fully saturated rings. The molecule has 0 spiro atoms. The van der Waals surface area contributed by atoms with Gasteiger partial charge in [-0.05, 0) is 19.3 Å². The third kappa shape index (κ3) is 7.01. The molecular weight excluding hydrogens is 344 g/mol. The SMILES string of the molecule is CN=C(NCCNC(=O)C(C)C)N1CCN(CC(=O)N2CCCCC2)CC1. The van der Waals surface area contributed by atoms with Crippen LogP contribution in [-0.4, -0.2) is 98.4 Å². The number of amides is 2. The number of likely N-dealkylation sites (tertiary alicyclic amines) is 1. The fourth-order valence-electron chi connectivity index (χ4n) is 3.45. The van der Waals surface area contributed by atoms with Gasteiger partial charge in [0.05, 0.1) is 6.54 Å². The lowest BCUT2D eigenvalue weighted by Crippen LogP contribution is -2.55. The fraction of sp³-hybridized carbons (Fsp3) is 0.842. The molecule has 2 amide bonds.